The van der Waals surface area contributed by atoms with Gasteiger partial charge in [-0.25, -0.2) is 0 Å². The summed E-state index contributed by atoms with van der Waals surface area (Å²) in [4.78, 5) is 17.3. The van der Waals surface area contributed by atoms with Crippen LogP contribution >= 0.6 is 23.2 Å². The summed E-state index contributed by atoms with van der Waals surface area (Å²) < 4.78 is 5.45. The van der Waals surface area contributed by atoms with E-state index in [-0.39, 0.29) is 17.4 Å². The first-order chi connectivity index (χ1) is 11.4. The Morgan fingerprint density at radius 1 is 1.21 bits per heavy atom. The first-order valence-electron chi connectivity index (χ1n) is 8.48. The second kappa shape index (κ2) is 7.20. The summed E-state index contributed by atoms with van der Waals surface area (Å²) in [6.07, 6.45) is 1.09. The molecule has 0 saturated carbocycles. The Labute approximate surface area is 153 Å². The number of carbonyl (C=O) groups is 1. The Bertz CT molecular complexity index is 591. The normalized spacial score (nSPS) is 22.1. The van der Waals surface area contributed by atoms with Crippen molar-refractivity contribution in [1.29, 1.82) is 0 Å². The van der Waals surface area contributed by atoms with Crippen LogP contribution in [0.2, 0.25) is 10.0 Å². The lowest BCUT2D eigenvalue weighted by Gasteiger charge is -2.50. The van der Waals surface area contributed by atoms with Crippen LogP contribution in [0.25, 0.3) is 0 Å². The zero-order chi connectivity index (χ0) is 17.3. The SMILES string of the molecule is CCC1(C)CN(C(=O)C(c2cc(Cl)cc(Cl)c2)N2CCOCC2)C1. The zero-order valence-electron chi connectivity index (χ0n) is 14.2. The number of rotatable bonds is 4. The highest BCUT2D eigenvalue weighted by Crippen LogP contribution is 2.37. The fourth-order valence-electron chi connectivity index (χ4n) is 3.51. The van der Waals surface area contributed by atoms with Crippen molar-refractivity contribution in [3.63, 3.8) is 0 Å². The van der Waals surface area contributed by atoms with Crippen LogP contribution in [0.3, 0.4) is 0 Å². The summed E-state index contributed by atoms with van der Waals surface area (Å²) in [5, 5.41) is 1.12. The standard InChI is InChI=1S/C18H24Cl2N2O2/c1-3-18(2)11-22(12-18)17(23)16(21-4-6-24-7-5-21)13-8-14(19)10-15(20)9-13/h8-10,16H,3-7,11-12H2,1-2H3. The number of halogens is 2. The number of hydrogen-bond donors (Lipinski definition) is 0. The van der Waals surface area contributed by atoms with Crippen LogP contribution in [0, 0.1) is 5.41 Å². The van der Waals surface area contributed by atoms with Crippen molar-refractivity contribution in [3.8, 4) is 0 Å². The third kappa shape index (κ3) is 3.72. The molecule has 1 aromatic rings. The van der Waals surface area contributed by atoms with Gasteiger partial charge in [-0.2, -0.15) is 0 Å². The molecule has 0 spiro atoms. The van der Waals surface area contributed by atoms with Crippen molar-refractivity contribution in [2.75, 3.05) is 39.4 Å². The molecule has 1 atom stereocenters. The molecule has 2 fully saturated rings. The van der Waals surface area contributed by atoms with Crippen LogP contribution in [0.4, 0.5) is 0 Å². The van der Waals surface area contributed by atoms with Gasteiger partial charge in [-0.1, -0.05) is 37.0 Å². The van der Waals surface area contributed by atoms with Crippen molar-refractivity contribution in [3.05, 3.63) is 33.8 Å². The second-order valence-corrected chi connectivity index (χ2v) is 7.99. The van der Waals surface area contributed by atoms with Gasteiger partial charge in [0.2, 0.25) is 5.91 Å². The molecule has 0 aliphatic carbocycles. The predicted molar refractivity (Wildman–Crippen MR) is 96.6 cm³/mol. The Morgan fingerprint density at radius 2 is 1.79 bits per heavy atom. The number of carbonyl (C=O) groups excluding carboxylic acids is 1. The molecular formula is C18H24Cl2N2O2. The number of ether oxygens (including phenoxy) is 1. The molecular weight excluding hydrogens is 347 g/mol. The predicted octanol–water partition coefficient (Wildman–Crippen LogP) is 3.63. The highest BCUT2D eigenvalue weighted by molar-refractivity contribution is 6.34. The fraction of sp³-hybridized carbons (Fsp3) is 0.611. The largest absolute Gasteiger partial charge is 0.379 e. The van der Waals surface area contributed by atoms with Crippen molar-refractivity contribution < 1.29 is 9.53 Å². The third-order valence-electron chi connectivity index (χ3n) is 5.16. The molecule has 1 amide bonds. The quantitative estimate of drug-likeness (QED) is 0.811. The topological polar surface area (TPSA) is 32.8 Å². The highest BCUT2D eigenvalue weighted by atomic mass is 35.5. The van der Waals surface area contributed by atoms with Crippen molar-refractivity contribution in [2.24, 2.45) is 5.41 Å². The average Bonchev–Trinajstić information content (AvgIpc) is 2.52. The van der Waals surface area contributed by atoms with Crippen molar-refractivity contribution >= 4 is 29.1 Å². The van der Waals surface area contributed by atoms with Gasteiger partial charge in [0, 0.05) is 41.6 Å². The zero-order valence-corrected chi connectivity index (χ0v) is 15.7. The van der Waals surface area contributed by atoms with E-state index in [0.29, 0.717) is 23.3 Å². The Kier molecular flexibility index (Phi) is 5.40. The molecule has 2 aliphatic rings. The van der Waals surface area contributed by atoms with E-state index < -0.39 is 0 Å². The molecule has 6 heteroatoms. The average molecular weight is 371 g/mol. The van der Waals surface area contributed by atoms with E-state index in [1.165, 1.54) is 0 Å². The number of benzene rings is 1. The first-order valence-corrected chi connectivity index (χ1v) is 9.24. The molecule has 0 bridgehead atoms. The van der Waals surface area contributed by atoms with Crippen LogP contribution in [0.15, 0.2) is 18.2 Å². The van der Waals surface area contributed by atoms with Crippen LogP contribution in [-0.2, 0) is 9.53 Å². The smallest absolute Gasteiger partial charge is 0.244 e. The number of likely N-dealkylation sites (tertiary alicyclic amines) is 1. The van der Waals surface area contributed by atoms with Gasteiger partial charge in [0.15, 0.2) is 0 Å². The maximum atomic E-state index is 13.2. The number of amides is 1. The number of hydrogen-bond acceptors (Lipinski definition) is 3. The minimum absolute atomic E-state index is 0.140. The van der Waals surface area contributed by atoms with Gasteiger partial charge in [0.05, 0.1) is 13.2 Å². The van der Waals surface area contributed by atoms with Gasteiger partial charge >= 0.3 is 0 Å². The lowest BCUT2D eigenvalue weighted by Crippen LogP contribution is -2.59. The molecule has 4 nitrogen and oxygen atoms in total. The monoisotopic (exact) mass is 370 g/mol. The molecule has 2 heterocycles. The van der Waals surface area contributed by atoms with Gasteiger partial charge in [-0.3, -0.25) is 9.69 Å². The molecule has 2 aliphatic heterocycles. The maximum absolute atomic E-state index is 13.2. The number of morpholine rings is 1. The van der Waals surface area contributed by atoms with E-state index in [0.717, 1.165) is 38.2 Å². The molecule has 132 valence electrons. The third-order valence-corrected chi connectivity index (χ3v) is 5.59. The molecule has 1 unspecified atom stereocenters. The Morgan fingerprint density at radius 3 is 2.33 bits per heavy atom. The molecule has 1 aromatic carbocycles. The maximum Gasteiger partial charge on any atom is 0.244 e. The van der Waals surface area contributed by atoms with E-state index in [4.69, 9.17) is 27.9 Å². The van der Waals surface area contributed by atoms with Crippen molar-refractivity contribution in [1.82, 2.24) is 9.80 Å². The molecule has 0 N–H and O–H groups in total. The van der Waals surface area contributed by atoms with Gasteiger partial charge in [0.25, 0.3) is 0 Å². The van der Waals surface area contributed by atoms with Gasteiger partial charge < -0.3 is 9.64 Å². The second-order valence-electron chi connectivity index (χ2n) is 7.11. The Hall–Kier alpha value is -0.810. The molecule has 24 heavy (non-hydrogen) atoms. The summed E-state index contributed by atoms with van der Waals surface area (Å²) in [5.41, 5.74) is 1.11. The van der Waals surface area contributed by atoms with Crippen molar-refractivity contribution in [2.45, 2.75) is 26.3 Å². The van der Waals surface area contributed by atoms with E-state index in [1.54, 1.807) is 6.07 Å². The molecule has 0 radical (unpaired) electrons. The van der Waals surface area contributed by atoms with E-state index in [1.807, 2.05) is 17.0 Å². The summed E-state index contributed by atoms with van der Waals surface area (Å²) in [7, 11) is 0. The summed E-state index contributed by atoms with van der Waals surface area (Å²) in [6.45, 7) is 8.80. The minimum Gasteiger partial charge on any atom is -0.379 e. The van der Waals surface area contributed by atoms with Crippen LogP contribution in [0.5, 0.6) is 0 Å². The lowest BCUT2D eigenvalue weighted by atomic mass is 9.79. The lowest BCUT2D eigenvalue weighted by molar-refractivity contribution is -0.150. The molecule has 2 saturated heterocycles. The Balaban J connectivity index is 1.86. The van der Waals surface area contributed by atoms with Gasteiger partial charge in [0.1, 0.15) is 6.04 Å². The summed E-state index contributed by atoms with van der Waals surface area (Å²) in [5.74, 6) is 0.140. The summed E-state index contributed by atoms with van der Waals surface area (Å²) in [6, 6.07) is 5.06. The first kappa shape index (κ1) is 18.0. The van der Waals surface area contributed by atoms with E-state index >= 15 is 0 Å². The van der Waals surface area contributed by atoms with E-state index in [9.17, 15) is 4.79 Å². The van der Waals surface area contributed by atoms with Gasteiger partial charge in [-0.15, -0.1) is 0 Å². The van der Waals surface area contributed by atoms with Gasteiger partial charge in [-0.05, 0) is 30.2 Å². The summed E-state index contributed by atoms with van der Waals surface area (Å²) >= 11 is 12.4. The molecule has 3 rings (SSSR count). The number of nitrogens with zero attached hydrogens (tertiary/aromatic N) is 2. The van der Waals surface area contributed by atoms with E-state index in [2.05, 4.69) is 18.7 Å². The molecule has 0 aromatic heterocycles. The van der Waals surface area contributed by atoms with Crippen LogP contribution < -0.4 is 0 Å². The van der Waals surface area contributed by atoms with Crippen LogP contribution in [0.1, 0.15) is 31.9 Å². The fourth-order valence-corrected chi connectivity index (χ4v) is 4.05. The highest BCUT2D eigenvalue weighted by Gasteiger charge is 2.43. The minimum atomic E-state index is -0.341. The van der Waals surface area contributed by atoms with Crippen LogP contribution in [-0.4, -0.2) is 55.1 Å².